The highest BCUT2D eigenvalue weighted by Gasteiger charge is 2.22. The molecule has 0 spiro atoms. The summed E-state index contributed by atoms with van der Waals surface area (Å²) in [5, 5.41) is 11.0. The smallest absolute Gasteiger partial charge is 0.293 e. The Morgan fingerprint density at radius 2 is 2.38 bits per heavy atom. The number of nitro groups is 1. The molecule has 0 radical (unpaired) electrons. The van der Waals surface area contributed by atoms with Crippen molar-refractivity contribution in [2.75, 3.05) is 32.2 Å². The van der Waals surface area contributed by atoms with E-state index in [0.29, 0.717) is 18.2 Å². The Morgan fingerprint density at radius 3 is 3.05 bits per heavy atom. The van der Waals surface area contributed by atoms with E-state index in [1.54, 1.807) is 13.2 Å². The molecule has 1 heterocycles. The van der Waals surface area contributed by atoms with Gasteiger partial charge in [0.25, 0.3) is 5.69 Å². The lowest BCUT2D eigenvalue weighted by molar-refractivity contribution is -0.384. The van der Waals surface area contributed by atoms with Gasteiger partial charge in [0.15, 0.2) is 0 Å². The van der Waals surface area contributed by atoms with E-state index in [1.807, 2.05) is 6.07 Å². The van der Waals surface area contributed by atoms with Gasteiger partial charge in [-0.1, -0.05) is 12.1 Å². The Morgan fingerprint density at radius 1 is 1.57 bits per heavy atom. The molecule has 1 unspecified atom stereocenters. The van der Waals surface area contributed by atoms with E-state index >= 15 is 0 Å². The van der Waals surface area contributed by atoms with Crippen molar-refractivity contribution in [1.29, 1.82) is 0 Å². The molecule has 7 nitrogen and oxygen atoms in total. The van der Waals surface area contributed by atoms with Crippen LogP contribution in [0.2, 0.25) is 0 Å². The van der Waals surface area contributed by atoms with Gasteiger partial charge in [-0.25, -0.2) is 0 Å². The summed E-state index contributed by atoms with van der Waals surface area (Å²) < 4.78 is 5.23. The van der Waals surface area contributed by atoms with E-state index in [0.717, 1.165) is 31.7 Å². The van der Waals surface area contributed by atoms with Crippen LogP contribution >= 0.6 is 0 Å². The highest BCUT2D eigenvalue weighted by molar-refractivity contribution is 5.65. The Hall–Kier alpha value is -1.70. The van der Waals surface area contributed by atoms with Crippen molar-refractivity contribution in [3.8, 4) is 0 Å². The number of nitrogens with zero attached hydrogens (tertiary/aromatic N) is 2. The molecule has 1 fully saturated rings. The van der Waals surface area contributed by atoms with Crippen LogP contribution in [0.25, 0.3) is 0 Å². The third-order valence-electron chi connectivity index (χ3n) is 3.87. The van der Waals surface area contributed by atoms with E-state index in [4.69, 9.17) is 10.6 Å². The van der Waals surface area contributed by atoms with Crippen molar-refractivity contribution in [3.63, 3.8) is 0 Å². The summed E-state index contributed by atoms with van der Waals surface area (Å²) in [5.41, 5.74) is 3.74. The van der Waals surface area contributed by atoms with Gasteiger partial charge >= 0.3 is 0 Å². The van der Waals surface area contributed by atoms with Crippen molar-refractivity contribution in [2.24, 2.45) is 11.8 Å². The van der Waals surface area contributed by atoms with Gasteiger partial charge in [-0.05, 0) is 30.9 Å². The molecular formula is C14H22N4O3. The molecule has 1 saturated heterocycles. The summed E-state index contributed by atoms with van der Waals surface area (Å²) in [7, 11) is 1.72. The number of hydrogen-bond donors (Lipinski definition) is 2. The van der Waals surface area contributed by atoms with Gasteiger partial charge in [-0.2, -0.15) is 0 Å². The number of nitrogens with one attached hydrogen (secondary N) is 1. The van der Waals surface area contributed by atoms with Crippen molar-refractivity contribution < 1.29 is 9.66 Å². The lowest BCUT2D eigenvalue weighted by Gasteiger charge is -2.32. The van der Waals surface area contributed by atoms with Crippen molar-refractivity contribution >= 4 is 11.4 Å². The van der Waals surface area contributed by atoms with Crippen molar-refractivity contribution in [2.45, 2.75) is 19.4 Å². The molecule has 1 aromatic carbocycles. The highest BCUT2D eigenvalue weighted by Crippen LogP contribution is 2.29. The fourth-order valence-electron chi connectivity index (χ4n) is 2.94. The standard InChI is InChI=1S/C14H22N4O3/c1-21-10-11-4-3-7-17(8-11)9-12-5-2-6-13(18(19)20)14(12)16-15/h2,5-6,11,16H,3-4,7-10,15H2,1H3. The minimum absolute atomic E-state index is 0.0143. The molecule has 7 heteroatoms. The van der Waals surface area contributed by atoms with Crippen LogP contribution < -0.4 is 11.3 Å². The largest absolute Gasteiger partial charge is 0.384 e. The molecule has 1 atom stereocenters. The first-order valence-corrected chi connectivity index (χ1v) is 7.10. The van der Waals surface area contributed by atoms with Gasteiger partial charge in [-0.3, -0.25) is 20.9 Å². The number of hydrogen-bond acceptors (Lipinski definition) is 6. The topological polar surface area (TPSA) is 93.7 Å². The first-order chi connectivity index (χ1) is 10.2. The van der Waals surface area contributed by atoms with E-state index in [1.165, 1.54) is 12.5 Å². The molecule has 1 aliphatic heterocycles. The maximum absolute atomic E-state index is 11.0. The first-order valence-electron chi connectivity index (χ1n) is 7.10. The van der Waals surface area contributed by atoms with Crippen molar-refractivity contribution in [1.82, 2.24) is 4.90 Å². The number of likely N-dealkylation sites (tertiary alicyclic amines) is 1. The number of nitrogen functional groups attached to an aromatic ring is 1. The van der Waals surface area contributed by atoms with Crippen LogP contribution in [0.4, 0.5) is 11.4 Å². The number of nitrogens with two attached hydrogens (primary N) is 1. The average Bonchev–Trinajstić information content (AvgIpc) is 2.47. The summed E-state index contributed by atoms with van der Waals surface area (Å²) >= 11 is 0. The van der Waals surface area contributed by atoms with Crippen LogP contribution in [0, 0.1) is 16.0 Å². The van der Waals surface area contributed by atoms with E-state index in [9.17, 15) is 10.1 Å². The minimum Gasteiger partial charge on any atom is -0.384 e. The number of piperidine rings is 1. The monoisotopic (exact) mass is 294 g/mol. The van der Waals surface area contributed by atoms with Gasteiger partial charge in [0.1, 0.15) is 5.69 Å². The first kappa shape index (κ1) is 15.7. The predicted octanol–water partition coefficient (Wildman–Crippen LogP) is 1.74. The molecule has 0 aliphatic carbocycles. The normalized spacial score (nSPS) is 19.4. The maximum Gasteiger partial charge on any atom is 0.293 e. The van der Waals surface area contributed by atoms with Gasteiger partial charge in [-0.15, -0.1) is 0 Å². The molecular weight excluding hydrogens is 272 g/mol. The SMILES string of the molecule is COCC1CCCN(Cc2cccc([N+](=O)[O-])c2NN)C1. The van der Waals surface area contributed by atoms with E-state index < -0.39 is 4.92 Å². The van der Waals surface area contributed by atoms with Crippen LogP contribution in [0.5, 0.6) is 0 Å². The lowest BCUT2D eigenvalue weighted by Crippen LogP contribution is -2.36. The van der Waals surface area contributed by atoms with Crippen LogP contribution in [0.1, 0.15) is 18.4 Å². The zero-order chi connectivity index (χ0) is 15.2. The Bertz CT molecular complexity index is 493. The second-order valence-electron chi connectivity index (χ2n) is 5.41. The minimum atomic E-state index is -0.414. The van der Waals surface area contributed by atoms with Crippen LogP contribution in [0.15, 0.2) is 18.2 Å². The fraction of sp³-hybridized carbons (Fsp3) is 0.571. The number of para-hydroxylation sites is 1. The summed E-state index contributed by atoms with van der Waals surface area (Å²) in [6, 6.07) is 5.04. The van der Waals surface area contributed by atoms with Gasteiger partial charge in [0, 0.05) is 26.3 Å². The van der Waals surface area contributed by atoms with Gasteiger partial charge in [0.2, 0.25) is 0 Å². The third-order valence-corrected chi connectivity index (χ3v) is 3.87. The zero-order valence-corrected chi connectivity index (χ0v) is 12.2. The van der Waals surface area contributed by atoms with Gasteiger partial charge < -0.3 is 10.2 Å². The number of nitro benzene ring substituents is 1. The molecule has 1 aromatic rings. The van der Waals surface area contributed by atoms with Gasteiger partial charge in [0.05, 0.1) is 11.5 Å². The zero-order valence-electron chi connectivity index (χ0n) is 12.2. The summed E-state index contributed by atoms with van der Waals surface area (Å²) in [6.45, 7) is 3.35. The number of anilines is 1. The second-order valence-corrected chi connectivity index (χ2v) is 5.41. The number of benzene rings is 1. The average molecular weight is 294 g/mol. The maximum atomic E-state index is 11.0. The second kappa shape index (κ2) is 7.35. The molecule has 21 heavy (non-hydrogen) atoms. The molecule has 116 valence electrons. The van der Waals surface area contributed by atoms with E-state index in [2.05, 4.69) is 10.3 Å². The molecule has 0 aromatic heterocycles. The van der Waals surface area contributed by atoms with E-state index in [-0.39, 0.29) is 5.69 Å². The Balaban J connectivity index is 2.12. The van der Waals surface area contributed by atoms with Crippen molar-refractivity contribution in [3.05, 3.63) is 33.9 Å². The number of ether oxygens (including phenoxy) is 1. The number of methoxy groups -OCH3 is 1. The number of hydrazine groups is 1. The fourth-order valence-corrected chi connectivity index (χ4v) is 2.94. The Kier molecular flexibility index (Phi) is 5.49. The van der Waals surface area contributed by atoms with Crippen LogP contribution in [0.3, 0.4) is 0 Å². The molecule has 3 N–H and O–H groups in total. The molecule has 0 bridgehead atoms. The van der Waals surface area contributed by atoms with Crippen LogP contribution in [-0.2, 0) is 11.3 Å². The molecule has 1 aliphatic rings. The Labute approximate surface area is 124 Å². The third kappa shape index (κ3) is 3.90. The summed E-state index contributed by atoms with van der Waals surface area (Å²) in [6.07, 6.45) is 2.29. The highest BCUT2D eigenvalue weighted by atomic mass is 16.6. The lowest BCUT2D eigenvalue weighted by atomic mass is 9.98. The molecule has 0 saturated carbocycles. The molecule has 2 rings (SSSR count). The van der Waals surface area contributed by atoms with Crippen LogP contribution in [-0.4, -0.2) is 36.6 Å². The quantitative estimate of drug-likeness (QED) is 0.471. The predicted molar refractivity (Wildman–Crippen MR) is 80.8 cm³/mol. The molecule has 0 amide bonds. The summed E-state index contributed by atoms with van der Waals surface area (Å²) in [4.78, 5) is 12.9. The number of rotatable bonds is 6. The summed E-state index contributed by atoms with van der Waals surface area (Å²) in [5.74, 6) is 6.00.